The summed E-state index contributed by atoms with van der Waals surface area (Å²) >= 11 is 6.11. The number of halogens is 2. The molecular formula is C23H28ClFN2O2. The fraction of sp³-hybridized carbons (Fsp3) is 0.391. The quantitative estimate of drug-likeness (QED) is 0.643. The highest BCUT2D eigenvalue weighted by molar-refractivity contribution is 6.31. The number of aryl methyl sites for hydroxylation is 1. The molecule has 0 aromatic heterocycles. The van der Waals surface area contributed by atoms with Gasteiger partial charge in [0, 0.05) is 23.7 Å². The van der Waals surface area contributed by atoms with Crippen LogP contribution in [-0.4, -0.2) is 29.3 Å². The van der Waals surface area contributed by atoms with Crippen molar-refractivity contribution in [2.45, 2.75) is 52.6 Å². The highest BCUT2D eigenvalue weighted by Gasteiger charge is 2.29. The summed E-state index contributed by atoms with van der Waals surface area (Å²) in [5.41, 5.74) is 2.13. The number of nitrogens with one attached hydrogen (secondary N) is 1. The zero-order chi connectivity index (χ0) is 21.4. The van der Waals surface area contributed by atoms with E-state index in [-0.39, 0.29) is 35.4 Å². The lowest BCUT2D eigenvalue weighted by Gasteiger charge is -2.31. The monoisotopic (exact) mass is 418 g/mol. The van der Waals surface area contributed by atoms with E-state index in [0.717, 1.165) is 17.5 Å². The van der Waals surface area contributed by atoms with Crippen LogP contribution in [0.15, 0.2) is 42.5 Å². The number of hydrogen-bond acceptors (Lipinski definition) is 2. The maximum atomic E-state index is 14.2. The van der Waals surface area contributed by atoms with Crippen molar-refractivity contribution in [2.75, 3.05) is 6.54 Å². The normalized spacial score (nSPS) is 11.8. The van der Waals surface area contributed by atoms with Crippen molar-refractivity contribution in [3.8, 4) is 0 Å². The van der Waals surface area contributed by atoms with Gasteiger partial charge < -0.3 is 10.2 Å². The van der Waals surface area contributed by atoms with Gasteiger partial charge >= 0.3 is 0 Å². The maximum Gasteiger partial charge on any atom is 0.242 e. The van der Waals surface area contributed by atoms with Crippen LogP contribution in [0.2, 0.25) is 5.02 Å². The fourth-order valence-electron chi connectivity index (χ4n) is 3.25. The molecular weight excluding hydrogens is 391 g/mol. The van der Waals surface area contributed by atoms with Gasteiger partial charge in [-0.15, -0.1) is 0 Å². The molecule has 29 heavy (non-hydrogen) atoms. The molecule has 2 amide bonds. The number of rotatable bonds is 9. The van der Waals surface area contributed by atoms with Crippen LogP contribution < -0.4 is 5.32 Å². The predicted molar refractivity (Wildman–Crippen MR) is 114 cm³/mol. The summed E-state index contributed by atoms with van der Waals surface area (Å²) in [5.74, 6) is -1.06. The van der Waals surface area contributed by atoms with Gasteiger partial charge in [-0.1, -0.05) is 61.3 Å². The van der Waals surface area contributed by atoms with Gasteiger partial charge in [-0.05, 0) is 37.5 Å². The minimum Gasteiger partial charge on any atom is -0.354 e. The number of carbonyl (C=O) groups excluding carboxylic acids is 2. The summed E-state index contributed by atoms with van der Waals surface area (Å²) < 4.78 is 14.2. The molecule has 0 saturated heterocycles. The van der Waals surface area contributed by atoms with Gasteiger partial charge in [0.05, 0.1) is 6.42 Å². The lowest BCUT2D eigenvalue weighted by Crippen LogP contribution is -2.49. The minimum absolute atomic E-state index is 0.150. The number of benzene rings is 2. The van der Waals surface area contributed by atoms with E-state index < -0.39 is 11.9 Å². The molecule has 6 heteroatoms. The zero-order valence-electron chi connectivity index (χ0n) is 17.2. The molecule has 0 aliphatic heterocycles. The topological polar surface area (TPSA) is 49.4 Å². The van der Waals surface area contributed by atoms with Crippen LogP contribution in [0.25, 0.3) is 0 Å². The van der Waals surface area contributed by atoms with Crippen molar-refractivity contribution in [3.05, 3.63) is 70.0 Å². The third-order valence-electron chi connectivity index (χ3n) is 4.76. The maximum absolute atomic E-state index is 14.2. The third kappa shape index (κ3) is 6.29. The highest BCUT2D eigenvalue weighted by Crippen LogP contribution is 2.22. The predicted octanol–water partition coefficient (Wildman–Crippen LogP) is 4.66. The number of amides is 2. The molecule has 0 bridgehead atoms. The molecule has 0 saturated carbocycles. The van der Waals surface area contributed by atoms with Crippen molar-refractivity contribution in [2.24, 2.45) is 0 Å². The fourth-order valence-corrected chi connectivity index (χ4v) is 3.48. The minimum atomic E-state index is -0.639. The van der Waals surface area contributed by atoms with Gasteiger partial charge in [-0.2, -0.15) is 0 Å². The van der Waals surface area contributed by atoms with Gasteiger partial charge in [0.1, 0.15) is 11.9 Å². The lowest BCUT2D eigenvalue weighted by atomic mass is 10.1. The van der Waals surface area contributed by atoms with Crippen LogP contribution >= 0.6 is 11.6 Å². The lowest BCUT2D eigenvalue weighted by molar-refractivity contribution is -0.141. The van der Waals surface area contributed by atoms with Gasteiger partial charge in [0.25, 0.3) is 0 Å². The highest BCUT2D eigenvalue weighted by atomic mass is 35.5. The summed E-state index contributed by atoms with van der Waals surface area (Å²) in [7, 11) is 0. The van der Waals surface area contributed by atoms with Crippen LogP contribution in [-0.2, 0) is 22.6 Å². The Balaban J connectivity index is 2.33. The van der Waals surface area contributed by atoms with E-state index in [4.69, 9.17) is 11.6 Å². The van der Waals surface area contributed by atoms with E-state index >= 15 is 0 Å². The first kappa shape index (κ1) is 22.9. The molecule has 0 heterocycles. The average molecular weight is 419 g/mol. The van der Waals surface area contributed by atoms with Crippen LogP contribution in [0.4, 0.5) is 4.39 Å². The van der Waals surface area contributed by atoms with E-state index in [1.807, 2.05) is 45.0 Å². The number of carbonyl (C=O) groups is 2. The van der Waals surface area contributed by atoms with Crippen molar-refractivity contribution in [3.63, 3.8) is 0 Å². The van der Waals surface area contributed by atoms with E-state index in [1.54, 1.807) is 6.07 Å². The van der Waals surface area contributed by atoms with E-state index in [1.165, 1.54) is 17.0 Å². The molecule has 1 N–H and O–H groups in total. The summed E-state index contributed by atoms with van der Waals surface area (Å²) in [5, 5.41) is 3.08. The van der Waals surface area contributed by atoms with Gasteiger partial charge in [0.2, 0.25) is 11.8 Å². The second-order valence-corrected chi connectivity index (χ2v) is 7.51. The molecule has 0 aliphatic carbocycles. The van der Waals surface area contributed by atoms with E-state index in [2.05, 4.69) is 5.32 Å². The SMILES string of the molecule is CCCNC(=O)[C@@H](CC)N(Cc1cccc(C)c1)C(=O)Cc1c(F)cccc1Cl. The molecule has 0 aliphatic rings. The standard InChI is InChI=1S/C23H28ClFN2O2/c1-4-12-26-23(29)21(5-2)27(15-17-9-6-8-16(3)13-17)22(28)14-18-19(24)10-7-11-20(18)25/h6-11,13,21H,4-5,12,14-15H2,1-3H3,(H,26,29)/t21-/m1/s1. The zero-order valence-corrected chi connectivity index (χ0v) is 17.9. The average Bonchev–Trinajstić information content (AvgIpc) is 2.69. The Hall–Kier alpha value is -2.40. The van der Waals surface area contributed by atoms with Crippen molar-refractivity contribution >= 4 is 23.4 Å². The smallest absolute Gasteiger partial charge is 0.242 e. The molecule has 2 aromatic rings. The van der Waals surface area contributed by atoms with Crippen LogP contribution in [0, 0.1) is 12.7 Å². The molecule has 0 spiro atoms. The Labute approximate surface area is 177 Å². The second-order valence-electron chi connectivity index (χ2n) is 7.10. The Morgan fingerprint density at radius 3 is 2.52 bits per heavy atom. The van der Waals surface area contributed by atoms with Gasteiger partial charge in [-0.3, -0.25) is 9.59 Å². The Bertz CT molecular complexity index is 836. The molecule has 0 unspecified atom stereocenters. The number of hydrogen-bond donors (Lipinski definition) is 1. The van der Waals surface area contributed by atoms with Crippen LogP contribution in [0.5, 0.6) is 0 Å². The number of nitrogens with zero attached hydrogens (tertiary/aromatic N) is 1. The first-order valence-corrected chi connectivity index (χ1v) is 10.3. The molecule has 1 atom stereocenters. The Kier molecular flexibility index (Phi) is 8.65. The summed E-state index contributed by atoms with van der Waals surface area (Å²) in [6, 6.07) is 11.5. The summed E-state index contributed by atoms with van der Waals surface area (Å²) in [4.78, 5) is 27.5. The first-order chi connectivity index (χ1) is 13.9. The van der Waals surface area contributed by atoms with Crippen molar-refractivity contribution < 1.29 is 14.0 Å². The van der Waals surface area contributed by atoms with Crippen molar-refractivity contribution in [1.29, 1.82) is 0 Å². The molecule has 0 radical (unpaired) electrons. The molecule has 0 fully saturated rings. The van der Waals surface area contributed by atoms with Gasteiger partial charge in [0.15, 0.2) is 0 Å². The Morgan fingerprint density at radius 1 is 1.17 bits per heavy atom. The van der Waals surface area contributed by atoms with E-state index in [0.29, 0.717) is 13.0 Å². The molecule has 4 nitrogen and oxygen atoms in total. The molecule has 156 valence electrons. The Morgan fingerprint density at radius 2 is 1.90 bits per heavy atom. The second kappa shape index (κ2) is 11.0. The van der Waals surface area contributed by atoms with Gasteiger partial charge in [-0.25, -0.2) is 4.39 Å². The summed E-state index contributed by atoms with van der Waals surface area (Å²) in [6.45, 7) is 6.62. The summed E-state index contributed by atoms with van der Waals surface area (Å²) in [6.07, 6.45) is 1.06. The van der Waals surface area contributed by atoms with Crippen LogP contribution in [0.3, 0.4) is 0 Å². The van der Waals surface area contributed by atoms with Crippen molar-refractivity contribution in [1.82, 2.24) is 10.2 Å². The van der Waals surface area contributed by atoms with Crippen LogP contribution in [0.1, 0.15) is 43.4 Å². The molecule has 2 rings (SSSR count). The third-order valence-corrected chi connectivity index (χ3v) is 5.11. The van der Waals surface area contributed by atoms with E-state index in [9.17, 15) is 14.0 Å². The largest absolute Gasteiger partial charge is 0.354 e. The molecule has 2 aromatic carbocycles. The first-order valence-electron chi connectivity index (χ1n) is 9.92.